The normalized spacial score (nSPS) is 17.4. The molecule has 1 fully saturated rings. The van der Waals surface area contributed by atoms with E-state index in [9.17, 15) is 4.79 Å². The van der Waals surface area contributed by atoms with Gasteiger partial charge in [0.15, 0.2) is 14.4 Å². The van der Waals surface area contributed by atoms with E-state index >= 15 is 0 Å². The maximum absolute atomic E-state index is 14.4. The van der Waals surface area contributed by atoms with Gasteiger partial charge in [-0.25, -0.2) is 0 Å². The van der Waals surface area contributed by atoms with E-state index in [-0.39, 0.29) is 29.1 Å². The summed E-state index contributed by atoms with van der Waals surface area (Å²) in [7, 11) is 1.06. The van der Waals surface area contributed by atoms with Crippen molar-refractivity contribution in [3.63, 3.8) is 0 Å². The van der Waals surface area contributed by atoms with E-state index in [2.05, 4.69) is 75.2 Å². The van der Waals surface area contributed by atoms with E-state index in [0.717, 1.165) is 33.8 Å². The Hall–Kier alpha value is -3.91. The first-order valence-electron chi connectivity index (χ1n) is 16.5. The molecule has 1 saturated heterocycles. The highest BCUT2D eigenvalue weighted by molar-refractivity contribution is 6.74. The van der Waals surface area contributed by atoms with Gasteiger partial charge in [-0.15, -0.1) is 0 Å². The number of β-lactam (4-membered cyclic amide) rings is 1. The third-order valence-electron chi connectivity index (χ3n) is 9.72. The van der Waals surface area contributed by atoms with Crippen LogP contribution >= 0.6 is 0 Å². The van der Waals surface area contributed by atoms with E-state index in [1.807, 2.05) is 72.8 Å². The number of hydrogen-bond acceptors (Lipinski definition) is 5. The van der Waals surface area contributed by atoms with Crippen molar-refractivity contribution in [3.8, 4) is 11.5 Å². The Balaban J connectivity index is 1.57. The number of carbonyl (C=O) groups excluding carboxylic acids is 1. The van der Waals surface area contributed by atoms with Crippen LogP contribution < -0.4 is 9.47 Å². The highest BCUT2D eigenvalue weighted by atomic mass is 28.4. The Morgan fingerprint density at radius 3 is 1.66 bits per heavy atom. The highest BCUT2D eigenvalue weighted by Crippen LogP contribution is 2.45. The van der Waals surface area contributed by atoms with Crippen molar-refractivity contribution in [3.05, 3.63) is 131 Å². The summed E-state index contributed by atoms with van der Waals surface area (Å²) in [5.41, 5.74) is 4.35. The second-order valence-electron chi connectivity index (χ2n) is 13.9. The van der Waals surface area contributed by atoms with Crippen LogP contribution in [0.4, 0.5) is 0 Å². The minimum atomic E-state index is -2.29. The van der Waals surface area contributed by atoms with Crippen LogP contribution in [0.25, 0.3) is 0 Å². The molecule has 1 aliphatic rings. The number of ether oxygens (including phenoxy) is 3. The molecule has 0 radical (unpaired) electrons. The van der Waals surface area contributed by atoms with Gasteiger partial charge in [0, 0.05) is 6.04 Å². The lowest BCUT2D eigenvalue weighted by atomic mass is 9.84. The van der Waals surface area contributed by atoms with Crippen LogP contribution in [0.15, 0.2) is 109 Å². The van der Waals surface area contributed by atoms with Crippen molar-refractivity contribution in [1.29, 1.82) is 0 Å². The molecule has 0 spiro atoms. The molecular formula is C40H49NO5Si. The summed E-state index contributed by atoms with van der Waals surface area (Å²) >= 11 is 0. The van der Waals surface area contributed by atoms with Gasteiger partial charge >= 0.3 is 0 Å². The molecule has 248 valence electrons. The van der Waals surface area contributed by atoms with E-state index in [0.29, 0.717) is 19.4 Å². The molecule has 4 aromatic rings. The van der Waals surface area contributed by atoms with Crippen LogP contribution in [-0.2, 0) is 33.4 Å². The second-order valence-corrected chi connectivity index (χ2v) is 18.7. The van der Waals surface area contributed by atoms with E-state index in [4.69, 9.17) is 18.6 Å². The second kappa shape index (κ2) is 14.9. The molecule has 6 nitrogen and oxygen atoms in total. The van der Waals surface area contributed by atoms with Crippen LogP contribution in [0.3, 0.4) is 0 Å². The largest absolute Gasteiger partial charge is 0.497 e. The molecule has 0 aromatic heterocycles. The number of amides is 1. The molecule has 5 rings (SSSR count). The maximum atomic E-state index is 14.4. The summed E-state index contributed by atoms with van der Waals surface area (Å²) in [5, 5.41) is -0.0232. The SMILES string of the molecule is COc1ccc(CC(Cc2ccc(OC)cc2)N2C(=O)[C@@H](OCc3ccccc3)[C@H]2[C@H](O[Si](C)(C)C(C)(C)C)c2ccccc2)cc1. The van der Waals surface area contributed by atoms with Crippen molar-refractivity contribution < 1.29 is 23.4 Å². The lowest BCUT2D eigenvalue weighted by molar-refractivity contribution is -0.192. The van der Waals surface area contributed by atoms with Gasteiger partial charge in [0.1, 0.15) is 11.5 Å². The molecule has 0 bridgehead atoms. The van der Waals surface area contributed by atoms with Crippen LogP contribution in [0.1, 0.15) is 49.1 Å². The topological polar surface area (TPSA) is 57.2 Å². The standard InChI is InChI=1S/C40H49NO5Si/c1-40(2,3)47(6,7)46-37(32-16-12-9-13-17-32)36-38(45-28-31-14-10-8-11-15-31)39(42)41(36)33(26-29-18-22-34(43-4)23-19-29)27-30-20-24-35(44-5)25-21-30/h8-25,33,36-38H,26-28H2,1-7H3/t36-,37-,38+/m1/s1. The van der Waals surface area contributed by atoms with Crippen molar-refractivity contribution in [2.75, 3.05) is 14.2 Å². The Morgan fingerprint density at radius 1 is 0.702 bits per heavy atom. The van der Waals surface area contributed by atoms with Gasteiger partial charge in [0.05, 0.1) is 33.0 Å². The molecule has 1 amide bonds. The molecule has 0 saturated carbocycles. The average Bonchev–Trinajstić information content (AvgIpc) is 3.07. The highest BCUT2D eigenvalue weighted by Gasteiger charge is 2.56. The van der Waals surface area contributed by atoms with Gasteiger partial charge in [0.2, 0.25) is 0 Å². The van der Waals surface area contributed by atoms with Crippen molar-refractivity contribution in [1.82, 2.24) is 4.90 Å². The predicted molar refractivity (Wildman–Crippen MR) is 190 cm³/mol. The monoisotopic (exact) mass is 651 g/mol. The first-order chi connectivity index (χ1) is 22.5. The Kier molecular flexibility index (Phi) is 10.9. The van der Waals surface area contributed by atoms with E-state index in [1.165, 1.54) is 0 Å². The number of rotatable bonds is 14. The number of nitrogens with zero attached hydrogens (tertiary/aromatic N) is 1. The summed E-state index contributed by atoms with van der Waals surface area (Å²) in [6.07, 6.45) is 0.348. The lowest BCUT2D eigenvalue weighted by Gasteiger charge is -2.55. The number of hydrogen-bond donors (Lipinski definition) is 0. The van der Waals surface area contributed by atoms with Gasteiger partial charge in [0.25, 0.3) is 5.91 Å². The minimum Gasteiger partial charge on any atom is -0.497 e. The average molecular weight is 652 g/mol. The van der Waals surface area contributed by atoms with Gasteiger partial charge in [-0.3, -0.25) is 4.79 Å². The molecule has 1 aliphatic heterocycles. The minimum absolute atomic E-state index is 0.00211. The van der Waals surface area contributed by atoms with Crippen LogP contribution in [0, 0.1) is 0 Å². The maximum Gasteiger partial charge on any atom is 0.254 e. The summed E-state index contributed by atoms with van der Waals surface area (Å²) in [5.74, 6) is 1.61. The molecule has 1 heterocycles. The zero-order valence-electron chi connectivity index (χ0n) is 28.8. The Morgan fingerprint density at radius 2 is 1.19 bits per heavy atom. The van der Waals surface area contributed by atoms with E-state index in [1.54, 1.807) is 14.2 Å². The Labute approximate surface area is 281 Å². The van der Waals surface area contributed by atoms with Crippen molar-refractivity contribution in [2.45, 2.75) is 82.6 Å². The summed E-state index contributed by atoms with van der Waals surface area (Å²) in [6.45, 7) is 11.7. The van der Waals surface area contributed by atoms with Gasteiger partial charge in [-0.2, -0.15) is 0 Å². The first-order valence-corrected chi connectivity index (χ1v) is 19.4. The quantitative estimate of drug-likeness (QED) is 0.101. The Bertz CT molecular complexity index is 1520. The van der Waals surface area contributed by atoms with Gasteiger partial charge in [-0.05, 0) is 77.5 Å². The van der Waals surface area contributed by atoms with Crippen LogP contribution in [0.2, 0.25) is 18.1 Å². The number of likely N-dealkylation sites (tertiary alicyclic amines) is 1. The number of carbonyl (C=O) groups is 1. The number of methoxy groups -OCH3 is 2. The van der Waals surface area contributed by atoms with Crippen molar-refractivity contribution in [2.24, 2.45) is 0 Å². The fourth-order valence-electron chi connectivity index (χ4n) is 5.97. The fraction of sp³-hybridized carbons (Fsp3) is 0.375. The molecule has 0 N–H and O–H groups in total. The van der Waals surface area contributed by atoms with Crippen molar-refractivity contribution >= 4 is 14.2 Å². The lowest BCUT2D eigenvalue weighted by Crippen LogP contribution is -2.71. The third-order valence-corrected chi connectivity index (χ3v) is 14.2. The molecular weight excluding hydrogens is 603 g/mol. The zero-order valence-corrected chi connectivity index (χ0v) is 29.8. The summed E-state index contributed by atoms with van der Waals surface area (Å²) in [4.78, 5) is 16.5. The molecule has 7 heteroatoms. The number of benzene rings is 4. The summed E-state index contributed by atoms with van der Waals surface area (Å²) < 4.78 is 24.7. The van der Waals surface area contributed by atoms with Crippen LogP contribution in [-0.4, -0.2) is 51.5 Å². The molecule has 0 aliphatic carbocycles. The fourth-order valence-corrected chi connectivity index (χ4v) is 7.23. The summed E-state index contributed by atoms with van der Waals surface area (Å²) in [6, 6.07) is 36.2. The smallest absolute Gasteiger partial charge is 0.254 e. The third kappa shape index (κ3) is 8.15. The molecule has 4 aromatic carbocycles. The predicted octanol–water partition coefficient (Wildman–Crippen LogP) is 8.42. The van der Waals surface area contributed by atoms with Gasteiger partial charge < -0.3 is 23.5 Å². The zero-order chi connectivity index (χ0) is 33.6. The van der Waals surface area contributed by atoms with Crippen LogP contribution in [0.5, 0.6) is 11.5 Å². The first kappa shape index (κ1) is 34.4. The molecule has 3 atom stereocenters. The molecule has 0 unspecified atom stereocenters. The molecule has 47 heavy (non-hydrogen) atoms. The van der Waals surface area contributed by atoms with Gasteiger partial charge in [-0.1, -0.05) is 106 Å². The van der Waals surface area contributed by atoms with E-state index < -0.39 is 14.4 Å².